The molecule has 1 aliphatic rings. The van der Waals surface area contributed by atoms with Crippen molar-refractivity contribution in [1.82, 2.24) is 4.90 Å². The molecular formula is C16H21FN2O4. The van der Waals surface area contributed by atoms with Gasteiger partial charge in [-0.3, -0.25) is 9.59 Å². The highest BCUT2D eigenvalue weighted by molar-refractivity contribution is 5.78. The van der Waals surface area contributed by atoms with Gasteiger partial charge in [0, 0.05) is 13.1 Å². The molecule has 1 saturated heterocycles. The van der Waals surface area contributed by atoms with Crippen molar-refractivity contribution in [2.24, 2.45) is 5.73 Å². The number of primary amides is 1. The van der Waals surface area contributed by atoms with Crippen LogP contribution in [0.2, 0.25) is 0 Å². The van der Waals surface area contributed by atoms with Crippen molar-refractivity contribution < 1.29 is 23.8 Å². The Balaban J connectivity index is 1.95. The lowest BCUT2D eigenvalue weighted by Crippen LogP contribution is -2.52. The first-order valence-electron chi connectivity index (χ1n) is 7.46. The number of piperidine rings is 1. The Bertz CT molecular complexity index is 608. The molecule has 0 aromatic heterocycles. The van der Waals surface area contributed by atoms with Crippen LogP contribution in [-0.2, 0) is 9.59 Å². The summed E-state index contributed by atoms with van der Waals surface area (Å²) < 4.78 is 18.8. The Hall–Kier alpha value is -2.15. The maximum Gasteiger partial charge on any atom is 0.260 e. The fraction of sp³-hybridized carbons (Fsp3) is 0.500. The highest BCUT2D eigenvalue weighted by Crippen LogP contribution is 2.25. The molecule has 6 nitrogen and oxygen atoms in total. The molecule has 1 fully saturated rings. The molecular weight excluding hydrogens is 303 g/mol. The standard InChI is InChI=1S/C16H21FN2O4/c1-11-3-4-12(17)13(7-11)23-9-15(21)19-6-2-5-16(22,10-19)8-14(18)20/h3-4,7,22H,2,5-6,8-10H2,1H3,(H2,18,20). The molecule has 0 spiro atoms. The average molecular weight is 324 g/mol. The summed E-state index contributed by atoms with van der Waals surface area (Å²) in [5, 5.41) is 10.3. The predicted molar refractivity (Wildman–Crippen MR) is 81.2 cm³/mol. The average Bonchev–Trinajstić information content (AvgIpc) is 2.46. The topological polar surface area (TPSA) is 92.9 Å². The van der Waals surface area contributed by atoms with E-state index in [2.05, 4.69) is 0 Å². The van der Waals surface area contributed by atoms with Crippen molar-refractivity contribution >= 4 is 11.8 Å². The number of nitrogens with two attached hydrogens (primary N) is 1. The number of carbonyl (C=O) groups is 2. The van der Waals surface area contributed by atoms with E-state index in [0.717, 1.165) is 5.56 Å². The van der Waals surface area contributed by atoms with Crippen LogP contribution in [0.1, 0.15) is 24.8 Å². The van der Waals surface area contributed by atoms with Crippen molar-refractivity contribution in [1.29, 1.82) is 0 Å². The minimum absolute atomic E-state index is 0.0164. The number of β-amino-alcohol motifs (C(OH)–C–C–N with tert-alkyl or cyclic N) is 1. The molecule has 126 valence electrons. The third-order valence-electron chi connectivity index (χ3n) is 3.85. The van der Waals surface area contributed by atoms with Crippen molar-refractivity contribution in [2.45, 2.75) is 31.8 Å². The van der Waals surface area contributed by atoms with Crippen molar-refractivity contribution in [2.75, 3.05) is 19.7 Å². The van der Waals surface area contributed by atoms with Crippen molar-refractivity contribution in [3.8, 4) is 5.75 Å². The van der Waals surface area contributed by atoms with Crippen LogP contribution in [0.25, 0.3) is 0 Å². The van der Waals surface area contributed by atoms with Gasteiger partial charge in [-0.05, 0) is 37.5 Å². The van der Waals surface area contributed by atoms with Gasteiger partial charge in [0.05, 0.1) is 12.0 Å². The molecule has 3 N–H and O–H groups in total. The van der Waals surface area contributed by atoms with E-state index in [1.165, 1.54) is 17.0 Å². The second kappa shape index (κ2) is 6.95. The number of hydrogen-bond donors (Lipinski definition) is 2. The highest BCUT2D eigenvalue weighted by Gasteiger charge is 2.36. The molecule has 1 unspecified atom stereocenters. The monoisotopic (exact) mass is 324 g/mol. The maximum absolute atomic E-state index is 13.6. The summed E-state index contributed by atoms with van der Waals surface area (Å²) in [7, 11) is 0. The predicted octanol–water partition coefficient (Wildman–Crippen LogP) is 0.742. The minimum Gasteiger partial charge on any atom is -0.481 e. The number of amides is 2. The molecule has 1 aromatic carbocycles. The van der Waals surface area contributed by atoms with E-state index in [1.807, 2.05) is 0 Å². The number of carbonyl (C=O) groups excluding carboxylic acids is 2. The third-order valence-corrected chi connectivity index (χ3v) is 3.85. The number of likely N-dealkylation sites (tertiary alicyclic amines) is 1. The molecule has 1 aliphatic heterocycles. The van der Waals surface area contributed by atoms with Gasteiger partial charge in [-0.1, -0.05) is 6.07 Å². The molecule has 0 aliphatic carbocycles. The molecule has 1 atom stereocenters. The van der Waals surface area contributed by atoms with Crippen LogP contribution < -0.4 is 10.5 Å². The SMILES string of the molecule is Cc1ccc(F)c(OCC(=O)N2CCCC(O)(CC(N)=O)C2)c1. The quantitative estimate of drug-likeness (QED) is 0.835. The third kappa shape index (κ3) is 4.66. The van der Waals surface area contributed by atoms with Gasteiger partial charge in [-0.2, -0.15) is 0 Å². The molecule has 2 amide bonds. The molecule has 0 radical (unpaired) electrons. The van der Waals surface area contributed by atoms with Gasteiger partial charge >= 0.3 is 0 Å². The summed E-state index contributed by atoms with van der Waals surface area (Å²) in [5.41, 5.74) is 4.65. The summed E-state index contributed by atoms with van der Waals surface area (Å²) in [4.78, 5) is 24.6. The minimum atomic E-state index is -1.30. The summed E-state index contributed by atoms with van der Waals surface area (Å²) in [6, 6.07) is 4.41. The number of hydrogen-bond acceptors (Lipinski definition) is 4. The van der Waals surface area contributed by atoms with Crippen LogP contribution >= 0.6 is 0 Å². The van der Waals surface area contributed by atoms with Crippen LogP contribution in [0.5, 0.6) is 5.75 Å². The normalized spacial score (nSPS) is 21.1. The second-order valence-electron chi connectivity index (χ2n) is 6.01. The summed E-state index contributed by atoms with van der Waals surface area (Å²) in [5.74, 6) is -1.50. The smallest absolute Gasteiger partial charge is 0.260 e. The van der Waals surface area contributed by atoms with Crippen LogP contribution in [0, 0.1) is 12.7 Å². The molecule has 7 heteroatoms. The largest absolute Gasteiger partial charge is 0.481 e. The number of nitrogens with zero attached hydrogens (tertiary/aromatic N) is 1. The van der Waals surface area contributed by atoms with E-state index in [4.69, 9.17) is 10.5 Å². The molecule has 0 bridgehead atoms. The molecule has 23 heavy (non-hydrogen) atoms. The highest BCUT2D eigenvalue weighted by atomic mass is 19.1. The van der Waals surface area contributed by atoms with E-state index in [0.29, 0.717) is 19.4 Å². The summed E-state index contributed by atoms with van der Waals surface area (Å²) in [6.45, 7) is 1.95. The van der Waals surface area contributed by atoms with Crippen LogP contribution in [0.3, 0.4) is 0 Å². The van der Waals surface area contributed by atoms with Gasteiger partial charge in [0.2, 0.25) is 5.91 Å². The molecule has 0 saturated carbocycles. The lowest BCUT2D eigenvalue weighted by Gasteiger charge is -2.38. The van der Waals surface area contributed by atoms with Gasteiger partial charge in [0.1, 0.15) is 0 Å². The number of halogens is 1. The Morgan fingerprint density at radius 1 is 1.48 bits per heavy atom. The van der Waals surface area contributed by atoms with E-state index < -0.39 is 17.3 Å². The number of aliphatic hydroxyl groups is 1. The first kappa shape index (κ1) is 17.2. The Morgan fingerprint density at radius 2 is 2.22 bits per heavy atom. The summed E-state index contributed by atoms with van der Waals surface area (Å²) >= 11 is 0. The fourth-order valence-electron chi connectivity index (χ4n) is 2.75. The Kier molecular flexibility index (Phi) is 5.20. The second-order valence-corrected chi connectivity index (χ2v) is 6.01. The van der Waals surface area contributed by atoms with Crippen molar-refractivity contribution in [3.05, 3.63) is 29.6 Å². The molecule has 1 heterocycles. The van der Waals surface area contributed by atoms with E-state index in [1.54, 1.807) is 13.0 Å². The zero-order valence-corrected chi connectivity index (χ0v) is 13.0. The first-order chi connectivity index (χ1) is 10.8. The van der Waals surface area contributed by atoms with Gasteiger partial charge in [0.25, 0.3) is 5.91 Å². The van der Waals surface area contributed by atoms with Crippen LogP contribution in [0.4, 0.5) is 4.39 Å². The zero-order valence-electron chi connectivity index (χ0n) is 13.0. The van der Waals surface area contributed by atoms with Crippen molar-refractivity contribution in [3.63, 3.8) is 0 Å². The Labute approximate surface area is 134 Å². The zero-order chi connectivity index (χ0) is 17.0. The van der Waals surface area contributed by atoms with Crippen LogP contribution in [0.15, 0.2) is 18.2 Å². The van der Waals surface area contributed by atoms with Gasteiger partial charge in [-0.25, -0.2) is 4.39 Å². The lowest BCUT2D eigenvalue weighted by molar-refractivity contribution is -0.143. The van der Waals surface area contributed by atoms with Gasteiger partial charge in [0.15, 0.2) is 18.2 Å². The van der Waals surface area contributed by atoms with E-state index >= 15 is 0 Å². The maximum atomic E-state index is 13.6. The van der Waals surface area contributed by atoms with Crippen LogP contribution in [-0.4, -0.2) is 47.1 Å². The fourth-order valence-corrected chi connectivity index (χ4v) is 2.75. The number of aryl methyl sites for hydroxylation is 1. The van der Waals surface area contributed by atoms with E-state index in [-0.39, 0.29) is 31.2 Å². The molecule has 2 rings (SSSR count). The van der Waals surface area contributed by atoms with Gasteiger partial charge in [-0.15, -0.1) is 0 Å². The summed E-state index contributed by atoms with van der Waals surface area (Å²) in [6.07, 6.45) is 0.783. The van der Waals surface area contributed by atoms with E-state index in [9.17, 15) is 19.1 Å². The number of rotatable bonds is 5. The molecule has 1 aromatic rings. The van der Waals surface area contributed by atoms with Gasteiger partial charge < -0.3 is 20.5 Å². The first-order valence-corrected chi connectivity index (χ1v) is 7.46. The number of benzene rings is 1. The lowest BCUT2D eigenvalue weighted by atomic mass is 9.89. The number of ether oxygens (including phenoxy) is 1. The Morgan fingerprint density at radius 3 is 2.91 bits per heavy atom.